The second kappa shape index (κ2) is 7.82. The molecule has 4 heteroatoms. The SMILES string of the molecule is CC=CCOc1cnc(C(C)C)nc1CNCC. The summed E-state index contributed by atoms with van der Waals surface area (Å²) < 4.78 is 5.66. The number of hydrogen-bond acceptors (Lipinski definition) is 4. The van der Waals surface area contributed by atoms with Gasteiger partial charge in [0.25, 0.3) is 0 Å². The zero-order chi connectivity index (χ0) is 13.4. The number of aromatic nitrogens is 2. The molecule has 18 heavy (non-hydrogen) atoms. The van der Waals surface area contributed by atoms with Gasteiger partial charge in [-0.25, -0.2) is 9.97 Å². The maximum atomic E-state index is 5.66. The van der Waals surface area contributed by atoms with Gasteiger partial charge in [0.2, 0.25) is 0 Å². The number of nitrogens with one attached hydrogen (secondary N) is 1. The first-order valence-electron chi connectivity index (χ1n) is 6.49. The monoisotopic (exact) mass is 249 g/mol. The van der Waals surface area contributed by atoms with Crippen molar-refractivity contribution in [3.05, 3.63) is 29.9 Å². The molecule has 1 aromatic rings. The Kier molecular flexibility index (Phi) is 6.36. The maximum absolute atomic E-state index is 5.66. The van der Waals surface area contributed by atoms with Gasteiger partial charge in [0, 0.05) is 12.5 Å². The number of allylic oxidation sites excluding steroid dienone is 1. The van der Waals surface area contributed by atoms with Crippen molar-refractivity contribution in [3.8, 4) is 5.75 Å². The molecule has 0 spiro atoms. The molecule has 0 saturated heterocycles. The maximum Gasteiger partial charge on any atom is 0.160 e. The predicted octanol–water partition coefficient (Wildman–Crippen LogP) is 2.66. The second-order valence-electron chi connectivity index (χ2n) is 4.35. The molecule has 0 atom stereocenters. The lowest BCUT2D eigenvalue weighted by atomic mass is 10.2. The van der Waals surface area contributed by atoms with E-state index in [2.05, 4.69) is 36.1 Å². The van der Waals surface area contributed by atoms with Crippen molar-refractivity contribution in [2.24, 2.45) is 0 Å². The predicted molar refractivity (Wildman–Crippen MR) is 73.8 cm³/mol. The highest BCUT2D eigenvalue weighted by Gasteiger charge is 2.10. The van der Waals surface area contributed by atoms with Gasteiger partial charge in [0.05, 0.1) is 11.9 Å². The minimum Gasteiger partial charge on any atom is -0.486 e. The van der Waals surface area contributed by atoms with Gasteiger partial charge in [0.15, 0.2) is 5.75 Å². The largest absolute Gasteiger partial charge is 0.486 e. The molecule has 0 radical (unpaired) electrons. The molecule has 1 rings (SSSR count). The number of ether oxygens (including phenoxy) is 1. The molecule has 0 unspecified atom stereocenters. The van der Waals surface area contributed by atoms with Gasteiger partial charge in [-0.15, -0.1) is 0 Å². The van der Waals surface area contributed by atoms with Crippen LogP contribution in [0, 0.1) is 0 Å². The van der Waals surface area contributed by atoms with E-state index in [0.29, 0.717) is 19.1 Å². The van der Waals surface area contributed by atoms with Gasteiger partial charge in [0.1, 0.15) is 12.4 Å². The van der Waals surface area contributed by atoms with Crippen LogP contribution in [0.2, 0.25) is 0 Å². The topological polar surface area (TPSA) is 47.0 Å². The van der Waals surface area contributed by atoms with E-state index in [1.807, 2.05) is 19.1 Å². The van der Waals surface area contributed by atoms with Crippen LogP contribution in [0.25, 0.3) is 0 Å². The summed E-state index contributed by atoms with van der Waals surface area (Å²) in [5, 5.41) is 3.27. The lowest BCUT2D eigenvalue weighted by Crippen LogP contribution is -2.16. The fourth-order valence-electron chi connectivity index (χ4n) is 1.42. The molecule has 1 aromatic heterocycles. The molecule has 0 bridgehead atoms. The van der Waals surface area contributed by atoms with Crippen LogP contribution in [0.15, 0.2) is 18.3 Å². The summed E-state index contributed by atoms with van der Waals surface area (Å²) in [6.07, 6.45) is 5.71. The Morgan fingerprint density at radius 2 is 2.22 bits per heavy atom. The van der Waals surface area contributed by atoms with E-state index >= 15 is 0 Å². The highest BCUT2D eigenvalue weighted by Crippen LogP contribution is 2.18. The Morgan fingerprint density at radius 3 is 2.83 bits per heavy atom. The van der Waals surface area contributed by atoms with E-state index in [4.69, 9.17) is 4.74 Å². The Labute approximate surface area is 109 Å². The normalized spacial score (nSPS) is 11.4. The Bertz CT molecular complexity index is 389. The first-order valence-corrected chi connectivity index (χ1v) is 6.49. The van der Waals surface area contributed by atoms with Crippen LogP contribution in [0.1, 0.15) is 45.1 Å². The van der Waals surface area contributed by atoms with Gasteiger partial charge in [-0.05, 0) is 13.5 Å². The average Bonchev–Trinajstić information content (AvgIpc) is 2.37. The fourth-order valence-corrected chi connectivity index (χ4v) is 1.42. The minimum atomic E-state index is 0.329. The van der Waals surface area contributed by atoms with Crippen molar-refractivity contribution >= 4 is 0 Å². The Balaban J connectivity index is 2.85. The van der Waals surface area contributed by atoms with Crippen LogP contribution in [0.3, 0.4) is 0 Å². The van der Waals surface area contributed by atoms with Gasteiger partial charge in [-0.2, -0.15) is 0 Å². The summed E-state index contributed by atoms with van der Waals surface area (Å²) in [5.41, 5.74) is 0.931. The highest BCUT2D eigenvalue weighted by atomic mass is 16.5. The van der Waals surface area contributed by atoms with E-state index in [-0.39, 0.29) is 0 Å². The van der Waals surface area contributed by atoms with Crippen LogP contribution in [0.4, 0.5) is 0 Å². The van der Waals surface area contributed by atoms with E-state index in [9.17, 15) is 0 Å². The van der Waals surface area contributed by atoms with E-state index in [1.165, 1.54) is 0 Å². The van der Waals surface area contributed by atoms with Gasteiger partial charge in [-0.1, -0.05) is 32.9 Å². The lowest BCUT2D eigenvalue weighted by Gasteiger charge is -2.12. The van der Waals surface area contributed by atoms with Crippen LogP contribution < -0.4 is 10.1 Å². The second-order valence-corrected chi connectivity index (χ2v) is 4.35. The molecular formula is C14H23N3O. The Hall–Kier alpha value is -1.42. The van der Waals surface area contributed by atoms with E-state index in [0.717, 1.165) is 23.8 Å². The summed E-state index contributed by atoms with van der Waals surface area (Å²) >= 11 is 0. The minimum absolute atomic E-state index is 0.329. The van der Waals surface area contributed by atoms with Gasteiger partial charge < -0.3 is 10.1 Å². The van der Waals surface area contributed by atoms with E-state index < -0.39 is 0 Å². The quantitative estimate of drug-likeness (QED) is 0.755. The molecule has 100 valence electrons. The van der Waals surface area contributed by atoms with Crippen molar-refractivity contribution in [3.63, 3.8) is 0 Å². The summed E-state index contributed by atoms with van der Waals surface area (Å²) in [6.45, 7) is 10.4. The first-order chi connectivity index (χ1) is 8.69. The molecule has 0 fully saturated rings. The zero-order valence-electron chi connectivity index (χ0n) is 11.7. The highest BCUT2D eigenvalue weighted by molar-refractivity contribution is 5.25. The number of hydrogen-bond donors (Lipinski definition) is 1. The number of nitrogens with zero attached hydrogens (tertiary/aromatic N) is 2. The smallest absolute Gasteiger partial charge is 0.160 e. The van der Waals surface area contributed by atoms with Crippen molar-refractivity contribution in [2.45, 2.75) is 40.2 Å². The molecule has 0 saturated carbocycles. The van der Waals surface area contributed by atoms with Crippen LogP contribution in [0.5, 0.6) is 5.75 Å². The third kappa shape index (κ3) is 4.45. The number of rotatable bonds is 7. The van der Waals surface area contributed by atoms with Crippen LogP contribution >= 0.6 is 0 Å². The summed E-state index contributed by atoms with van der Waals surface area (Å²) in [5.74, 6) is 1.95. The van der Waals surface area contributed by atoms with Crippen molar-refractivity contribution in [1.82, 2.24) is 15.3 Å². The summed E-state index contributed by atoms with van der Waals surface area (Å²) in [6, 6.07) is 0. The standard InChI is InChI=1S/C14H23N3O/c1-5-7-8-18-13-10-16-14(11(3)4)17-12(13)9-15-6-2/h5,7,10-11,15H,6,8-9H2,1-4H3. The summed E-state index contributed by atoms with van der Waals surface area (Å²) in [7, 11) is 0. The van der Waals surface area contributed by atoms with Crippen molar-refractivity contribution < 1.29 is 4.74 Å². The van der Waals surface area contributed by atoms with Crippen LogP contribution in [-0.2, 0) is 6.54 Å². The Morgan fingerprint density at radius 1 is 1.44 bits per heavy atom. The average molecular weight is 249 g/mol. The van der Waals surface area contributed by atoms with Gasteiger partial charge in [-0.3, -0.25) is 0 Å². The molecular weight excluding hydrogens is 226 g/mol. The molecule has 0 aliphatic rings. The molecule has 0 aliphatic heterocycles. The molecule has 1 heterocycles. The van der Waals surface area contributed by atoms with Crippen molar-refractivity contribution in [1.29, 1.82) is 0 Å². The third-order valence-electron chi connectivity index (χ3n) is 2.48. The molecule has 0 amide bonds. The summed E-state index contributed by atoms with van der Waals surface area (Å²) in [4.78, 5) is 8.90. The molecule has 4 nitrogen and oxygen atoms in total. The lowest BCUT2D eigenvalue weighted by molar-refractivity contribution is 0.352. The van der Waals surface area contributed by atoms with E-state index in [1.54, 1.807) is 6.20 Å². The molecule has 0 aromatic carbocycles. The van der Waals surface area contributed by atoms with Crippen molar-refractivity contribution in [2.75, 3.05) is 13.2 Å². The molecule has 1 N–H and O–H groups in total. The van der Waals surface area contributed by atoms with Crippen LogP contribution in [-0.4, -0.2) is 23.1 Å². The van der Waals surface area contributed by atoms with Gasteiger partial charge >= 0.3 is 0 Å². The molecule has 0 aliphatic carbocycles. The fraction of sp³-hybridized carbons (Fsp3) is 0.571. The zero-order valence-corrected chi connectivity index (χ0v) is 11.7. The first kappa shape index (κ1) is 14.6. The third-order valence-corrected chi connectivity index (χ3v) is 2.48.